The van der Waals surface area contributed by atoms with Crippen molar-refractivity contribution in [3.8, 4) is 0 Å². The van der Waals surface area contributed by atoms with E-state index in [9.17, 15) is 24.0 Å². The quantitative estimate of drug-likeness (QED) is 0.174. The van der Waals surface area contributed by atoms with Crippen molar-refractivity contribution in [2.45, 2.75) is 24.5 Å². The minimum Gasteiger partial charge on any atom is -0.480 e. The number of amides is 4. The summed E-state index contributed by atoms with van der Waals surface area (Å²) >= 11 is 0. The first kappa shape index (κ1) is 22.2. The predicted molar refractivity (Wildman–Crippen MR) is 80.5 cm³/mol. The third kappa shape index (κ3) is 8.59. The maximum absolute atomic E-state index is 12.0. The molecule has 0 aromatic rings. The van der Waals surface area contributed by atoms with Crippen LogP contribution in [0.2, 0.25) is 0 Å². The van der Waals surface area contributed by atoms with Crippen LogP contribution in [-0.4, -0.2) is 82.8 Å². The Hall–Kier alpha value is -2.77. The van der Waals surface area contributed by atoms with Gasteiger partial charge in [-0.25, -0.2) is 0 Å². The molecule has 0 spiro atoms. The van der Waals surface area contributed by atoms with Crippen LogP contribution in [0.3, 0.4) is 0 Å². The Morgan fingerprint density at radius 2 is 1.44 bits per heavy atom. The second kappa shape index (κ2) is 10.9. The van der Waals surface area contributed by atoms with Crippen molar-refractivity contribution in [2.24, 2.45) is 11.5 Å². The van der Waals surface area contributed by atoms with Crippen LogP contribution in [0.15, 0.2) is 0 Å². The van der Waals surface area contributed by atoms with E-state index >= 15 is 0 Å². The number of primary amides is 1. The number of hydrogen-bond acceptors (Lipinski definition) is 8. The fourth-order valence-electron chi connectivity index (χ4n) is 1.52. The Morgan fingerprint density at radius 1 is 0.880 bits per heavy atom. The highest BCUT2D eigenvalue weighted by Crippen LogP contribution is 1.95. The van der Waals surface area contributed by atoms with Crippen molar-refractivity contribution >= 4 is 29.6 Å². The first-order chi connectivity index (χ1) is 11.6. The minimum absolute atomic E-state index is 0.639. The summed E-state index contributed by atoms with van der Waals surface area (Å²) in [6.45, 7) is -2.32. The lowest BCUT2D eigenvalue weighted by atomic mass is 10.1. The van der Waals surface area contributed by atoms with Gasteiger partial charge in [-0.1, -0.05) is 0 Å². The van der Waals surface area contributed by atoms with Crippen LogP contribution >= 0.6 is 0 Å². The van der Waals surface area contributed by atoms with Crippen molar-refractivity contribution < 1.29 is 39.3 Å². The first-order valence-electron chi connectivity index (χ1n) is 6.98. The largest absolute Gasteiger partial charge is 0.480 e. The topological polar surface area (TPSA) is 234 Å². The Kier molecular flexibility index (Phi) is 9.69. The van der Waals surface area contributed by atoms with Gasteiger partial charge in [-0.05, 0) is 0 Å². The highest BCUT2D eigenvalue weighted by Gasteiger charge is 2.28. The standard InChI is InChI=1S/C12H21N5O8/c13-5(3-18)10(23)17-7(4-19)12(25)16-6(1-8(14)20)11(24)15-2-9(21)22/h5-7,18-19H,1-4,13H2,(H2,14,20)(H,15,24)(H,16,25)(H,17,23)(H,21,22). The Bertz CT molecular complexity index is 526. The molecule has 142 valence electrons. The molecule has 13 heteroatoms. The summed E-state index contributed by atoms with van der Waals surface area (Å²) in [6.07, 6.45) is -0.639. The lowest BCUT2D eigenvalue weighted by molar-refractivity contribution is -0.139. The molecule has 3 unspecified atom stereocenters. The molecule has 0 aliphatic carbocycles. The fourth-order valence-corrected chi connectivity index (χ4v) is 1.52. The average Bonchev–Trinajstić information content (AvgIpc) is 2.54. The van der Waals surface area contributed by atoms with E-state index in [0.29, 0.717) is 0 Å². The lowest BCUT2D eigenvalue weighted by Gasteiger charge is -2.22. The number of aliphatic hydroxyl groups excluding tert-OH is 2. The third-order valence-electron chi connectivity index (χ3n) is 2.80. The van der Waals surface area contributed by atoms with Crippen LogP contribution in [0.4, 0.5) is 0 Å². The van der Waals surface area contributed by atoms with Gasteiger partial charge in [0.1, 0.15) is 24.7 Å². The van der Waals surface area contributed by atoms with Crippen molar-refractivity contribution in [2.75, 3.05) is 19.8 Å². The van der Waals surface area contributed by atoms with Gasteiger partial charge in [0, 0.05) is 0 Å². The van der Waals surface area contributed by atoms with Gasteiger partial charge in [0.2, 0.25) is 23.6 Å². The van der Waals surface area contributed by atoms with E-state index in [1.54, 1.807) is 0 Å². The molecule has 0 fully saturated rings. The normalized spacial score (nSPS) is 13.9. The van der Waals surface area contributed by atoms with E-state index in [4.69, 9.17) is 26.8 Å². The van der Waals surface area contributed by atoms with Gasteiger partial charge in [-0.2, -0.15) is 0 Å². The van der Waals surface area contributed by atoms with Gasteiger partial charge in [0.05, 0.1) is 19.6 Å². The monoisotopic (exact) mass is 363 g/mol. The Labute approximate surface area is 141 Å². The van der Waals surface area contributed by atoms with Crippen LogP contribution < -0.4 is 27.4 Å². The molecule has 10 N–H and O–H groups in total. The molecular formula is C12H21N5O8. The fraction of sp³-hybridized carbons (Fsp3) is 0.583. The number of aliphatic carboxylic acids is 1. The van der Waals surface area contributed by atoms with E-state index in [1.165, 1.54) is 0 Å². The van der Waals surface area contributed by atoms with Gasteiger partial charge in [0.15, 0.2) is 0 Å². The van der Waals surface area contributed by atoms with Crippen LogP contribution in [0.5, 0.6) is 0 Å². The molecular weight excluding hydrogens is 342 g/mol. The van der Waals surface area contributed by atoms with Gasteiger partial charge >= 0.3 is 5.97 Å². The number of carbonyl (C=O) groups is 5. The third-order valence-corrected chi connectivity index (χ3v) is 2.80. The van der Waals surface area contributed by atoms with Crippen molar-refractivity contribution in [1.82, 2.24) is 16.0 Å². The number of aliphatic hydroxyl groups is 2. The highest BCUT2D eigenvalue weighted by atomic mass is 16.4. The van der Waals surface area contributed by atoms with E-state index in [2.05, 4.69) is 5.32 Å². The molecule has 3 atom stereocenters. The molecule has 0 saturated heterocycles. The van der Waals surface area contributed by atoms with E-state index < -0.39 is 73.9 Å². The van der Waals surface area contributed by atoms with Gasteiger partial charge in [-0.15, -0.1) is 0 Å². The van der Waals surface area contributed by atoms with Crippen molar-refractivity contribution in [3.63, 3.8) is 0 Å². The summed E-state index contributed by atoms with van der Waals surface area (Å²) in [5, 5.41) is 32.5. The summed E-state index contributed by atoms with van der Waals surface area (Å²) in [4.78, 5) is 56.8. The maximum atomic E-state index is 12.0. The molecule has 25 heavy (non-hydrogen) atoms. The van der Waals surface area contributed by atoms with E-state index in [-0.39, 0.29) is 0 Å². The highest BCUT2D eigenvalue weighted by molar-refractivity contribution is 5.95. The van der Waals surface area contributed by atoms with Crippen LogP contribution in [-0.2, 0) is 24.0 Å². The molecule has 0 heterocycles. The maximum Gasteiger partial charge on any atom is 0.322 e. The van der Waals surface area contributed by atoms with Gasteiger partial charge in [0.25, 0.3) is 0 Å². The summed E-state index contributed by atoms with van der Waals surface area (Å²) in [5.74, 6) is -5.28. The minimum atomic E-state index is -1.52. The molecule has 0 aliphatic rings. The zero-order chi connectivity index (χ0) is 19.6. The predicted octanol–water partition coefficient (Wildman–Crippen LogP) is -5.66. The number of carbonyl (C=O) groups excluding carboxylic acids is 4. The Morgan fingerprint density at radius 3 is 1.88 bits per heavy atom. The van der Waals surface area contributed by atoms with Gasteiger partial charge in [-0.3, -0.25) is 24.0 Å². The summed E-state index contributed by atoms with van der Waals surface area (Å²) in [7, 11) is 0. The molecule has 0 radical (unpaired) electrons. The second-order valence-electron chi connectivity index (χ2n) is 4.88. The smallest absolute Gasteiger partial charge is 0.322 e. The van der Waals surface area contributed by atoms with Crippen LogP contribution in [0, 0.1) is 0 Å². The first-order valence-corrected chi connectivity index (χ1v) is 6.98. The van der Waals surface area contributed by atoms with Crippen molar-refractivity contribution in [3.05, 3.63) is 0 Å². The zero-order valence-corrected chi connectivity index (χ0v) is 13.1. The summed E-state index contributed by atoms with van der Waals surface area (Å²) < 4.78 is 0. The molecule has 0 rings (SSSR count). The number of carboxylic acids is 1. The average molecular weight is 363 g/mol. The number of nitrogens with one attached hydrogen (secondary N) is 3. The molecule has 4 amide bonds. The molecule has 0 bridgehead atoms. The SMILES string of the molecule is NC(=O)CC(NC(=O)C(CO)NC(=O)C(N)CO)C(=O)NCC(=O)O. The number of carboxylic acid groups (broad SMARTS) is 1. The lowest BCUT2D eigenvalue weighted by Crippen LogP contribution is -2.58. The number of hydrogen-bond donors (Lipinski definition) is 8. The molecule has 0 aromatic heterocycles. The molecule has 13 nitrogen and oxygen atoms in total. The van der Waals surface area contributed by atoms with E-state index in [0.717, 1.165) is 0 Å². The summed E-state index contributed by atoms with van der Waals surface area (Å²) in [5.41, 5.74) is 10.2. The van der Waals surface area contributed by atoms with Crippen molar-refractivity contribution in [1.29, 1.82) is 0 Å². The number of rotatable bonds is 11. The van der Waals surface area contributed by atoms with E-state index in [1.807, 2.05) is 10.6 Å². The number of nitrogens with two attached hydrogens (primary N) is 2. The molecule has 0 saturated carbocycles. The van der Waals surface area contributed by atoms with Crippen LogP contribution in [0.25, 0.3) is 0 Å². The summed E-state index contributed by atoms with van der Waals surface area (Å²) in [6, 6.07) is -4.36. The second-order valence-corrected chi connectivity index (χ2v) is 4.88. The zero-order valence-electron chi connectivity index (χ0n) is 13.1. The van der Waals surface area contributed by atoms with Gasteiger partial charge < -0.3 is 42.7 Å². The van der Waals surface area contributed by atoms with Crippen LogP contribution in [0.1, 0.15) is 6.42 Å². The molecule has 0 aromatic carbocycles. The Balaban J connectivity index is 4.96. The molecule has 0 aliphatic heterocycles.